The molecular weight excluding hydrogens is 238 g/mol. The predicted molar refractivity (Wildman–Crippen MR) is 79.5 cm³/mol. The second-order valence-electron chi connectivity index (χ2n) is 4.68. The highest BCUT2D eigenvalue weighted by Crippen LogP contribution is 2.05. The molecule has 1 aromatic rings. The normalized spacial score (nSPS) is 10.2. The lowest BCUT2D eigenvalue weighted by molar-refractivity contribution is 0.0948. The number of nitrogens with zero attached hydrogens (tertiary/aromatic N) is 1. The van der Waals surface area contributed by atoms with Gasteiger partial charge < -0.3 is 10.6 Å². The van der Waals surface area contributed by atoms with Gasteiger partial charge in [-0.05, 0) is 18.6 Å². The summed E-state index contributed by atoms with van der Waals surface area (Å²) >= 11 is 0. The van der Waals surface area contributed by atoms with Gasteiger partial charge in [0, 0.05) is 13.6 Å². The van der Waals surface area contributed by atoms with Crippen LogP contribution >= 0.6 is 0 Å². The SMILES string of the molecule is CCCCCCCCNC(=O)c1cccc(NC)n1. The summed E-state index contributed by atoms with van der Waals surface area (Å²) in [5.41, 5.74) is 0.470. The van der Waals surface area contributed by atoms with Gasteiger partial charge in [-0.3, -0.25) is 4.79 Å². The number of aromatic nitrogens is 1. The fourth-order valence-electron chi connectivity index (χ4n) is 1.90. The molecule has 0 aliphatic rings. The van der Waals surface area contributed by atoms with E-state index in [9.17, 15) is 4.79 Å². The first-order valence-corrected chi connectivity index (χ1v) is 7.21. The first-order chi connectivity index (χ1) is 9.27. The van der Waals surface area contributed by atoms with Crippen LogP contribution in [0, 0.1) is 0 Å². The number of hydrogen-bond donors (Lipinski definition) is 2. The molecule has 0 fully saturated rings. The van der Waals surface area contributed by atoms with Crippen LogP contribution in [0.1, 0.15) is 55.9 Å². The average Bonchev–Trinajstić information content (AvgIpc) is 2.46. The van der Waals surface area contributed by atoms with E-state index in [1.165, 1.54) is 32.1 Å². The molecule has 2 N–H and O–H groups in total. The lowest BCUT2D eigenvalue weighted by Gasteiger charge is -2.06. The summed E-state index contributed by atoms with van der Waals surface area (Å²) in [7, 11) is 1.79. The zero-order valence-corrected chi connectivity index (χ0v) is 12.0. The van der Waals surface area contributed by atoms with Gasteiger partial charge in [-0.1, -0.05) is 45.1 Å². The van der Waals surface area contributed by atoms with Crippen molar-refractivity contribution in [3.63, 3.8) is 0 Å². The van der Waals surface area contributed by atoms with Crippen molar-refractivity contribution in [2.45, 2.75) is 45.4 Å². The molecule has 0 bridgehead atoms. The Labute approximate surface area is 116 Å². The van der Waals surface area contributed by atoms with E-state index in [4.69, 9.17) is 0 Å². The number of carbonyl (C=O) groups excluding carboxylic acids is 1. The van der Waals surface area contributed by atoms with Gasteiger partial charge in [0.1, 0.15) is 11.5 Å². The van der Waals surface area contributed by atoms with Crippen LogP contribution < -0.4 is 10.6 Å². The molecule has 0 atom stereocenters. The lowest BCUT2D eigenvalue weighted by atomic mass is 10.1. The lowest BCUT2D eigenvalue weighted by Crippen LogP contribution is -2.25. The Morgan fingerprint density at radius 2 is 1.89 bits per heavy atom. The zero-order valence-electron chi connectivity index (χ0n) is 12.0. The molecule has 1 heterocycles. The highest BCUT2D eigenvalue weighted by Gasteiger charge is 2.06. The average molecular weight is 263 g/mol. The van der Waals surface area contributed by atoms with E-state index in [0.717, 1.165) is 13.0 Å². The van der Waals surface area contributed by atoms with Crippen LogP contribution in [0.4, 0.5) is 5.82 Å². The number of carbonyl (C=O) groups is 1. The van der Waals surface area contributed by atoms with Crippen molar-refractivity contribution in [3.05, 3.63) is 23.9 Å². The van der Waals surface area contributed by atoms with Crippen LogP contribution in [-0.4, -0.2) is 24.5 Å². The van der Waals surface area contributed by atoms with Gasteiger partial charge in [-0.15, -0.1) is 0 Å². The second-order valence-corrected chi connectivity index (χ2v) is 4.68. The highest BCUT2D eigenvalue weighted by atomic mass is 16.1. The minimum Gasteiger partial charge on any atom is -0.373 e. The Bertz CT molecular complexity index is 379. The molecule has 0 aromatic carbocycles. The number of amides is 1. The smallest absolute Gasteiger partial charge is 0.269 e. The van der Waals surface area contributed by atoms with Crippen molar-refractivity contribution in [1.29, 1.82) is 0 Å². The monoisotopic (exact) mass is 263 g/mol. The van der Waals surface area contributed by atoms with E-state index in [1.807, 2.05) is 12.1 Å². The quantitative estimate of drug-likeness (QED) is 0.673. The maximum Gasteiger partial charge on any atom is 0.269 e. The summed E-state index contributed by atoms with van der Waals surface area (Å²) in [4.78, 5) is 16.1. The fourth-order valence-corrected chi connectivity index (χ4v) is 1.90. The van der Waals surface area contributed by atoms with Crippen LogP contribution in [0.15, 0.2) is 18.2 Å². The summed E-state index contributed by atoms with van der Waals surface area (Å²) in [5.74, 6) is 0.623. The minimum absolute atomic E-state index is 0.0920. The van der Waals surface area contributed by atoms with Crippen molar-refractivity contribution in [3.8, 4) is 0 Å². The maximum atomic E-state index is 11.8. The Hall–Kier alpha value is -1.58. The number of nitrogens with one attached hydrogen (secondary N) is 2. The molecule has 1 aromatic heterocycles. The van der Waals surface area contributed by atoms with Gasteiger partial charge in [0.05, 0.1) is 0 Å². The van der Waals surface area contributed by atoms with E-state index >= 15 is 0 Å². The van der Waals surface area contributed by atoms with Gasteiger partial charge in [0.15, 0.2) is 0 Å². The van der Waals surface area contributed by atoms with Gasteiger partial charge in [0.2, 0.25) is 0 Å². The first-order valence-electron chi connectivity index (χ1n) is 7.21. The van der Waals surface area contributed by atoms with Crippen molar-refractivity contribution in [2.24, 2.45) is 0 Å². The Kier molecular flexibility index (Phi) is 7.63. The number of anilines is 1. The van der Waals surface area contributed by atoms with Gasteiger partial charge in [-0.2, -0.15) is 0 Å². The number of pyridine rings is 1. The van der Waals surface area contributed by atoms with E-state index in [2.05, 4.69) is 22.5 Å². The molecule has 106 valence electrons. The topological polar surface area (TPSA) is 54.0 Å². The van der Waals surface area contributed by atoms with Crippen LogP contribution in [0.2, 0.25) is 0 Å². The van der Waals surface area contributed by atoms with Crippen molar-refractivity contribution in [1.82, 2.24) is 10.3 Å². The molecule has 0 saturated carbocycles. The Morgan fingerprint density at radius 1 is 1.16 bits per heavy atom. The summed E-state index contributed by atoms with van der Waals surface area (Å²) in [5, 5.41) is 5.84. The summed E-state index contributed by atoms with van der Waals surface area (Å²) in [6.45, 7) is 2.95. The second kappa shape index (κ2) is 9.36. The predicted octanol–water partition coefficient (Wildman–Crippen LogP) is 3.21. The van der Waals surface area contributed by atoms with E-state index < -0.39 is 0 Å². The van der Waals surface area contributed by atoms with Crippen molar-refractivity contribution < 1.29 is 4.79 Å². The standard InChI is InChI=1S/C15H25N3O/c1-3-4-5-6-7-8-12-17-15(19)13-10-9-11-14(16-2)18-13/h9-11H,3-8,12H2,1-2H3,(H,16,18)(H,17,19). The third-order valence-corrected chi connectivity index (χ3v) is 3.05. The van der Waals surface area contributed by atoms with Crippen molar-refractivity contribution >= 4 is 11.7 Å². The summed E-state index contributed by atoms with van der Waals surface area (Å²) in [6.07, 6.45) is 7.37. The van der Waals surface area contributed by atoms with E-state index in [0.29, 0.717) is 11.5 Å². The van der Waals surface area contributed by atoms with E-state index in [-0.39, 0.29) is 5.91 Å². The molecule has 0 saturated heterocycles. The molecule has 19 heavy (non-hydrogen) atoms. The molecule has 0 aliphatic heterocycles. The molecule has 0 spiro atoms. The molecular formula is C15H25N3O. The molecule has 4 heteroatoms. The van der Waals surface area contributed by atoms with Crippen LogP contribution in [0.5, 0.6) is 0 Å². The van der Waals surface area contributed by atoms with Crippen molar-refractivity contribution in [2.75, 3.05) is 18.9 Å². The van der Waals surface area contributed by atoms with Gasteiger partial charge in [0.25, 0.3) is 5.91 Å². The third-order valence-electron chi connectivity index (χ3n) is 3.05. The van der Waals surface area contributed by atoms with Gasteiger partial charge >= 0.3 is 0 Å². The molecule has 4 nitrogen and oxygen atoms in total. The summed E-state index contributed by atoms with van der Waals surface area (Å²) in [6, 6.07) is 5.40. The largest absolute Gasteiger partial charge is 0.373 e. The van der Waals surface area contributed by atoms with E-state index in [1.54, 1.807) is 13.1 Å². The first kappa shape index (κ1) is 15.5. The highest BCUT2D eigenvalue weighted by molar-refractivity contribution is 5.92. The van der Waals surface area contributed by atoms with Gasteiger partial charge in [-0.25, -0.2) is 4.98 Å². The van der Waals surface area contributed by atoms with Crippen LogP contribution in [0.25, 0.3) is 0 Å². The number of unbranched alkanes of at least 4 members (excludes halogenated alkanes) is 5. The zero-order chi connectivity index (χ0) is 13.9. The molecule has 1 rings (SSSR count). The maximum absolute atomic E-state index is 11.8. The molecule has 0 aliphatic carbocycles. The minimum atomic E-state index is -0.0920. The molecule has 0 unspecified atom stereocenters. The fraction of sp³-hybridized carbons (Fsp3) is 0.600. The molecule has 1 amide bonds. The third kappa shape index (κ3) is 6.22. The Morgan fingerprint density at radius 3 is 2.63 bits per heavy atom. The molecule has 0 radical (unpaired) electrons. The summed E-state index contributed by atoms with van der Waals surface area (Å²) < 4.78 is 0. The Balaban J connectivity index is 2.20. The number of rotatable bonds is 9. The number of hydrogen-bond acceptors (Lipinski definition) is 3. The van der Waals surface area contributed by atoms with Crippen LogP contribution in [0.3, 0.4) is 0 Å². The van der Waals surface area contributed by atoms with Crippen LogP contribution in [-0.2, 0) is 0 Å².